The number of hydrazine groups is 1. The van der Waals surface area contributed by atoms with E-state index in [1.807, 2.05) is 0 Å². The number of carbonyl (C=O) groups excluding carboxylic acids is 2. The molecule has 1 aromatic rings. The summed E-state index contributed by atoms with van der Waals surface area (Å²) in [6.07, 6.45) is -0.883. The van der Waals surface area contributed by atoms with Gasteiger partial charge in [-0.15, -0.1) is 0 Å². The van der Waals surface area contributed by atoms with Crippen LogP contribution >= 0.6 is 0 Å². The predicted molar refractivity (Wildman–Crippen MR) is 59.9 cm³/mol. The first-order valence-electron chi connectivity index (χ1n) is 4.77. The molecule has 0 fully saturated rings. The second kappa shape index (κ2) is 6.28. The number of amides is 2. The number of rotatable bonds is 5. The van der Waals surface area contributed by atoms with Gasteiger partial charge in [0, 0.05) is 0 Å². The lowest BCUT2D eigenvalue weighted by Gasteiger charge is -2.05. The van der Waals surface area contributed by atoms with Crippen LogP contribution in [-0.2, 0) is 4.74 Å². The van der Waals surface area contributed by atoms with E-state index >= 15 is 0 Å². The fourth-order valence-corrected chi connectivity index (χ4v) is 1.05. The monoisotopic (exact) mass is 239 g/mol. The molecule has 0 atom stereocenters. The molecule has 17 heavy (non-hydrogen) atoms. The number of ether oxygens (including phenoxy) is 1. The second-order valence-electron chi connectivity index (χ2n) is 2.98. The zero-order chi connectivity index (χ0) is 12.7. The zero-order valence-electron chi connectivity index (χ0n) is 8.97. The van der Waals surface area contributed by atoms with Crippen molar-refractivity contribution < 1.29 is 14.3 Å². The van der Waals surface area contributed by atoms with Gasteiger partial charge in [-0.05, 0) is 12.1 Å². The van der Waals surface area contributed by atoms with Crippen LogP contribution in [0.2, 0.25) is 0 Å². The van der Waals surface area contributed by atoms with Crippen molar-refractivity contribution in [3.63, 3.8) is 0 Å². The van der Waals surface area contributed by atoms with E-state index in [2.05, 4.69) is 20.5 Å². The number of anilines is 1. The Balaban J connectivity index is 2.43. The first-order chi connectivity index (χ1) is 8.13. The molecule has 8 nitrogen and oxygen atoms in total. The lowest BCUT2D eigenvalue weighted by atomic mass is 10.3. The van der Waals surface area contributed by atoms with Crippen LogP contribution in [0, 0.1) is 0 Å². The van der Waals surface area contributed by atoms with Gasteiger partial charge >= 0.3 is 6.09 Å². The topological polar surface area (TPSA) is 132 Å². The van der Waals surface area contributed by atoms with Gasteiger partial charge in [0.1, 0.15) is 18.1 Å². The summed E-state index contributed by atoms with van der Waals surface area (Å²) in [6, 6.07) is 4.79. The lowest BCUT2D eigenvalue weighted by Crippen LogP contribution is -2.29. The molecule has 0 unspecified atom stereocenters. The molecule has 6 N–H and O–H groups in total. The Morgan fingerprint density at radius 2 is 2.18 bits per heavy atom. The van der Waals surface area contributed by atoms with Crippen LogP contribution in [0.4, 0.5) is 10.6 Å². The summed E-state index contributed by atoms with van der Waals surface area (Å²) in [5, 5.41) is 2.50. The van der Waals surface area contributed by atoms with Crippen molar-refractivity contribution in [3.05, 3.63) is 23.9 Å². The van der Waals surface area contributed by atoms with Gasteiger partial charge in [-0.25, -0.2) is 15.6 Å². The maximum absolute atomic E-state index is 11.5. The Kier molecular flexibility index (Phi) is 4.70. The van der Waals surface area contributed by atoms with E-state index in [0.717, 1.165) is 0 Å². The average Bonchev–Trinajstić information content (AvgIpc) is 2.34. The number of nitrogens with zero attached hydrogens (tertiary/aromatic N) is 1. The molecular formula is C9H13N5O3. The highest BCUT2D eigenvalue weighted by Gasteiger charge is 2.07. The maximum atomic E-state index is 11.5. The smallest absolute Gasteiger partial charge is 0.404 e. The molecule has 0 spiro atoms. The van der Waals surface area contributed by atoms with Crippen molar-refractivity contribution in [2.45, 2.75) is 0 Å². The Labute approximate surface area is 97.3 Å². The van der Waals surface area contributed by atoms with Crippen LogP contribution < -0.4 is 22.3 Å². The number of carbonyl (C=O) groups is 2. The summed E-state index contributed by atoms with van der Waals surface area (Å²) in [5.41, 5.74) is 7.29. The standard InChI is InChI=1S/C9H13N5O3/c10-9(16)17-5-4-12-8(15)6-2-1-3-7(13-6)14-11/h1-3H,4-5,11H2,(H2,10,16)(H,12,15)(H,13,14). The third-order valence-corrected chi connectivity index (χ3v) is 1.76. The maximum Gasteiger partial charge on any atom is 0.404 e. The van der Waals surface area contributed by atoms with Gasteiger partial charge in [-0.1, -0.05) is 6.07 Å². The van der Waals surface area contributed by atoms with E-state index < -0.39 is 12.0 Å². The van der Waals surface area contributed by atoms with E-state index in [1.165, 1.54) is 6.07 Å². The number of nitrogens with two attached hydrogens (primary N) is 2. The van der Waals surface area contributed by atoms with Crippen molar-refractivity contribution in [2.75, 3.05) is 18.6 Å². The van der Waals surface area contributed by atoms with Gasteiger partial charge in [-0.3, -0.25) is 4.79 Å². The molecule has 0 aliphatic carbocycles. The summed E-state index contributed by atoms with van der Waals surface area (Å²) in [6.45, 7) is 0.166. The van der Waals surface area contributed by atoms with Crippen molar-refractivity contribution in [3.8, 4) is 0 Å². The normalized spacial score (nSPS) is 9.47. The quantitative estimate of drug-likeness (QED) is 0.302. The molecule has 0 aliphatic rings. The minimum Gasteiger partial charge on any atom is -0.448 e. The molecule has 1 aromatic heterocycles. The second-order valence-corrected chi connectivity index (χ2v) is 2.98. The predicted octanol–water partition coefficient (Wildman–Crippen LogP) is -0.808. The molecule has 0 saturated heterocycles. The van der Waals surface area contributed by atoms with E-state index in [9.17, 15) is 9.59 Å². The van der Waals surface area contributed by atoms with Gasteiger partial charge < -0.3 is 21.2 Å². The van der Waals surface area contributed by atoms with Gasteiger partial charge in [0.2, 0.25) is 0 Å². The Morgan fingerprint density at radius 3 is 2.82 bits per heavy atom. The lowest BCUT2D eigenvalue weighted by molar-refractivity contribution is 0.0932. The highest BCUT2D eigenvalue weighted by molar-refractivity contribution is 5.92. The van der Waals surface area contributed by atoms with Crippen LogP contribution in [-0.4, -0.2) is 30.1 Å². The van der Waals surface area contributed by atoms with Crippen LogP contribution in [0.1, 0.15) is 10.5 Å². The summed E-state index contributed by atoms with van der Waals surface area (Å²) in [7, 11) is 0. The minimum absolute atomic E-state index is 0.00982. The first kappa shape index (κ1) is 12.7. The van der Waals surface area contributed by atoms with E-state index in [0.29, 0.717) is 5.82 Å². The van der Waals surface area contributed by atoms with Crippen LogP contribution in [0.5, 0.6) is 0 Å². The largest absolute Gasteiger partial charge is 0.448 e. The van der Waals surface area contributed by atoms with Crippen molar-refractivity contribution in [2.24, 2.45) is 11.6 Å². The Hall–Kier alpha value is -2.35. The van der Waals surface area contributed by atoms with Crippen molar-refractivity contribution in [1.82, 2.24) is 10.3 Å². The zero-order valence-corrected chi connectivity index (χ0v) is 8.97. The molecule has 0 aliphatic heterocycles. The minimum atomic E-state index is -0.883. The number of nitrogens with one attached hydrogen (secondary N) is 2. The third kappa shape index (κ3) is 4.34. The fourth-order valence-electron chi connectivity index (χ4n) is 1.05. The number of primary amides is 1. The molecule has 1 heterocycles. The van der Waals surface area contributed by atoms with Gasteiger partial charge in [0.05, 0.1) is 6.54 Å². The third-order valence-electron chi connectivity index (χ3n) is 1.76. The number of hydrogen-bond acceptors (Lipinski definition) is 6. The number of nitrogen functional groups attached to an aromatic ring is 1. The summed E-state index contributed by atoms with van der Waals surface area (Å²) in [4.78, 5) is 25.7. The number of hydrogen-bond donors (Lipinski definition) is 4. The van der Waals surface area contributed by atoms with Gasteiger partial charge in [0.15, 0.2) is 0 Å². The van der Waals surface area contributed by atoms with Crippen molar-refractivity contribution in [1.29, 1.82) is 0 Å². The molecule has 0 aromatic carbocycles. The van der Waals surface area contributed by atoms with E-state index in [1.54, 1.807) is 12.1 Å². The summed E-state index contributed by atoms with van der Waals surface area (Å²) >= 11 is 0. The SMILES string of the molecule is NNc1cccc(C(=O)NCCOC(N)=O)n1. The van der Waals surface area contributed by atoms with Crippen LogP contribution in [0.15, 0.2) is 18.2 Å². The number of pyridine rings is 1. The Morgan fingerprint density at radius 1 is 1.41 bits per heavy atom. The van der Waals surface area contributed by atoms with Crippen LogP contribution in [0.25, 0.3) is 0 Å². The molecule has 92 valence electrons. The highest BCUT2D eigenvalue weighted by Crippen LogP contribution is 2.02. The van der Waals surface area contributed by atoms with Gasteiger partial charge in [0.25, 0.3) is 5.91 Å². The summed E-state index contributed by atoms with van der Waals surface area (Å²) in [5.74, 6) is 5.15. The van der Waals surface area contributed by atoms with E-state index in [4.69, 9.17) is 11.6 Å². The highest BCUT2D eigenvalue weighted by atomic mass is 16.5. The molecule has 1 rings (SSSR count). The summed E-state index contributed by atoms with van der Waals surface area (Å²) < 4.78 is 4.44. The Bertz CT molecular complexity index is 409. The molecule has 0 bridgehead atoms. The van der Waals surface area contributed by atoms with Crippen molar-refractivity contribution >= 4 is 17.8 Å². The van der Waals surface area contributed by atoms with Crippen LogP contribution in [0.3, 0.4) is 0 Å². The fraction of sp³-hybridized carbons (Fsp3) is 0.222. The van der Waals surface area contributed by atoms with Gasteiger partial charge in [-0.2, -0.15) is 0 Å². The molecular weight excluding hydrogens is 226 g/mol. The number of aromatic nitrogens is 1. The molecule has 2 amide bonds. The molecule has 0 radical (unpaired) electrons. The average molecular weight is 239 g/mol. The molecule has 0 saturated carbocycles. The molecule has 8 heteroatoms. The first-order valence-corrected chi connectivity index (χ1v) is 4.77. The van der Waals surface area contributed by atoms with E-state index in [-0.39, 0.29) is 18.8 Å².